The van der Waals surface area contributed by atoms with Gasteiger partial charge in [-0.25, -0.2) is 0 Å². The second-order valence-electron chi connectivity index (χ2n) is 8.98. The van der Waals surface area contributed by atoms with Crippen LogP contribution in [0.5, 0.6) is 0 Å². The maximum absolute atomic E-state index is 6.13. The Morgan fingerprint density at radius 3 is 1.91 bits per heavy atom. The zero-order valence-electron chi connectivity index (χ0n) is 16.9. The van der Waals surface area contributed by atoms with Crippen LogP contribution in [0.15, 0.2) is 11.0 Å². The van der Waals surface area contributed by atoms with E-state index in [2.05, 4.69) is 40.8 Å². The molecule has 1 aliphatic rings. The summed E-state index contributed by atoms with van der Waals surface area (Å²) in [6, 6.07) is 0. The quantitative estimate of drug-likeness (QED) is 0.278. The van der Waals surface area contributed by atoms with Gasteiger partial charge < -0.3 is 4.74 Å². The Morgan fingerprint density at radius 1 is 0.870 bits per heavy atom. The lowest BCUT2D eigenvalue weighted by Crippen LogP contribution is -2.40. The lowest BCUT2D eigenvalue weighted by Gasteiger charge is -2.37. The summed E-state index contributed by atoms with van der Waals surface area (Å²) in [5, 5.41) is 1.83. The molecule has 1 aliphatic heterocycles. The summed E-state index contributed by atoms with van der Waals surface area (Å²) < 4.78 is 6.13. The van der Waals surface area contributed by atoms with Gasteiger partial charge in [-0.05, 0) is 23.5 Å². The molecule has 23 heavy (non-hydrogen) atoms. The fourth-order valence-corrected chi connectivity index (χ4v) is 5.62. The Balaban J connectivity index is 2.29. The molecule has 0 N–H and O–H groups in total. The van der Waals surface area contributed by atoms with E-state index in [9.17, 15) is 0 Å². The Hall–Kier alpha value is -0.243. The molecule has 0 bridgehead atoms. The molecule has 0 aromatic heterocycles. The third kappa shape index (κ3) is 6.64. The summed E-state index contributed by atoms with van der Waals surface area (Å²) in [5.41, 5.74) is 1.67. The molecule has 1 rings (SSSR count). The molecular weight excluding hydrogens is 296 g/mol. The average molecular weight is 339 g/mol. The number of hydrogen-bond acceptors (Lipinski definition) is 1. The number of unbranched alkanes of at least 4 members (excludes halogenated alkanes) is 8. The lowest BCUT2D eigenvalue weighted by molar-refractivity contribution is 0.262. The summed E-state index contributed by atoms with van der Waals surface area (Å²) in [6.07, 6.45) is 15.2. The van der Waals surface area contributed by atoms with Crippen molar-refractivity contribution in [3.63, 3.8) is 0 Å². The lowest BCUT2D eigenvalue weighted by atomic mass is 10.0. The van der Waals surface area contributed by atoms with Crippen molar-refractivity contribution in [2.45, 2.75) is 116 Å². The summed E-state index contributed by atoms with van der Waals surface area (Å²) in [7, 11) is -1.47. The van der Waals surface area contributed by atoms with Gasteiger partial charge in [-0.2, -0.15) is 0 Å². The van der Waals surface area contributed by atoms with E-state index in [1.807, 2.05) is 0 Å². The number of hydrogen-bond donors (Lipinski definition) is 0. The first kappa shape index (κ1) is 20.8. The molecule has 0 aromatic rings. The van der Waals surface area contributed by atoms with Gasteiger partial charge in [0.25, 0.3) is 0 Å². The molecule has 0 radical (unpaired) electrons. The molecule has 0 amide bonds. The molecule has 0 unspecified atom stereocenters. The van der Waals surface area contributed by atoms with Crippen molar-refractivity contribution in [1.29, 1.82) is 0 Å². The highest BCUT2D eigenvalue weighted by Crippen LogP contribution is 2.44. The second kappa shape index (κ2) is 9.91. The molecule has 0 fully saturated rings. The molecule has 136 valence electrons. The van der Waals surface area contributed by atoms with Gasteiger partial charge in [0, 0.05) is 6.42 Å². The van der Waals surface area contributed by atoms with Crippen molar-refractivity contribution < 1.29 is 4.74 Å². The van der Waals surface area contributed by atoms with Crippen LogP contribution in [-0.4, -0.2) is 14.7 Å². The van der Waals surface area contributed by atoms with Crippen molar-refractivity contribution in [2.75, 3.05) is 6.61 Å². The Bertz CT molecular complexity index is 363. The van der Waals surface area contributed by atoms with Gasteiger partial charge in [0.1, 0.15) is 8.07 Å². The molecule has 1 heterocycles. The molecular formula is C21H42OSi. The number of rotatable bonds is 11. The van der Waals surface area contributed by atoms with Gasteiger partial charge in [0.2, 0.25) is 0 Å². The van der Waals surface area contributed by atoms with Crippen LogP contribution in [0.4, 0.5) is 0 Å². The van der Waals surface area contributed by atoms with Crippen molar-refractivity contribution in [1.82, 2.24) is 0 Å². The van der Waals surface area contributed by atoms with Gasteiger partial charge in [-0.1, -0.05) is 92.2 Å². The Kier molecular flexibility index (Phi) is 8.96. The molecule has 0 aliphatic carbocycles. The van der Waals surface area contributed by atoms with Crippen LogP contribution in [0.2, 0.25) is 18.1 Å². The fourth-order valence-electron chi connectivity index (χ4n) is 3.34. The SMILES string of the molecule is CCCCCCCCCCCC1=C([Si](C)(C)C(C)(C)C)OCC1. The average Bonchev–Trinajstić information content (AvgIpc) is 2.93. The van der Waals surface area contributed by atoms with Crippen molar-refractivity contribution in [3.8, 4) is 0 Å². The van der Waals surface area contributed by atoms with E-state index in [1.165, 1.54) is 76.0 Å². The first-order valence-electron chi connectivity index (χ1n) is 10.2. The molecule has 0 spiro atoms. The van der Waals surface area contributed by atoms with Gasteiger partial charge in [-0.15, -0.1) is 0 Å². The van der Waals surface area contributed by atoms with Crippen molar-refractivity contribution in [2.24, 2.45) is 0 Å². The molecule has 0 atom stereocenters. The second-order valence-corrected chi connectivity index (χ2v) is 14.2. The van der Waals surface area contributed by atoms with E-state index in [0.717, 1.165) is 6.61 Å². The molecule has 1 nitrogen and oxygen atoms in total. The minimum atomic E-state index is -1.47. The first-order valence-corrected chi connectivity index (χ1v) is 13.2. The van der Waals surface area contributed by atoms with Crippen LogP contribution < -0.4 is 0 Å². The fraction of sp³-hybridized carbons (Fsp3) is 0.905. The van der Waals surface area contributed by atoms with E-state index in [0.29, 0.717) is 5.04 Å². The maximum Gasteiger partial charge on any atom is 0.130 e. The van der Waals surface area contributed by atoms with Gasteiger partial charge >= 0.3 is 0 Å². The highest BCUT2D eigenvalue weighted by Gasteiger charge is 2.43. The third-order valence-electron chi connectivity index (χ3n) is 6.00. The zero-order chi connectivity index (χ0) is 17.3. The number of ether oxygens (including phenoxy) is 1. The van der Waals surface area contributed by atoms with Gasteiger partial charge in [-0.3, -0.25) is 0 Å². The van der Waals surface area contributed by atoms with E-state index in [1.54, 1.807) is 5.57 Å². The van der Waals surface area contributed by atoms with Crippen LogP contribution in [0, 0.1) is 0 Å². The van der Waals surface area contributed by atoms with Crippen molar-refractivity contribution >= 4 is 8.07 Å². The van der Waals surface area contributed by atoms with Crippen LogP contribution in [0.3, 0.4) is 0 Å². The van der Waals surface area contributed by atoms with E-state index < -0.39 is 8.07 Å². The summed E-state index contributed by atoms with van der Waals surface area (Å²) in [5.74, 6) is 0. The highest BCUT2D eigenvalue weighted by molar-refractivity contribution is 6.86. The minimum Gasteiger partial charge on any atom is -0.503 e. The standard InChI is InChI=1S/C21H42OSi/c1-7-8-9-10-11-12-13-14-15-16-19-17-18-22-20(19)23(5,6)21(2,3)4/h7-18H2,1-6H3. The predicted octanol–water partition coefficient (Wildman–Crippen LogP) is 7.63. The Morgan fingerprint density at radius 2 is 1.39 bits per heavy atom. The monoisotopic (exact) mass is 338 g/mol. The smallest absolute Gasteiger partial charge is 0.130 e. The largest absolute Gasteiger partial charge is 0.503 e. The first-order chi connectivity index (χ1) is 10.8. The summed E-state index contributed by atoms with van der Waals surface area (Å²) in [4.78, 5) is 0. The highest BCUT2D eigenvalue weighted by atomic mass is 28.3. The molecule has 0 saturated carbocycles. The molecule has 0 aromatic carbocycles. The third-order valence-corrected chi connectivity index (χ3v) is 11.4. The van der Waals surface area contributed by atoms with Gasteiger partial charge in [0.05, 0.1) is 12.0 Å². The van der Waals surface area contributed by atoms with Crippen LogP contribution in [0.25, 0.3) is 0 Å². The molecule has 0 saturated heterocycles. The predicted molar refractivity (Wildman–Crippen MR) is 107 cm³/mol. The molecule has 2 heteroatoms. The van der Waals surface area contributed by atoms with Crippen LogP contribution >= 0.6 is 0 Å². The summed E-state index contributed by atoms with van der Waals surface area (Å²) >= 11 is 0. The van der Waals surface area contributed by atoms with E-state index in [-0.39, 0.29) is 0 Å². The summed E-state index contributed by atoms with van der Waals surface area (Å²) in [6.45, 7) is 15.4. The Labute approximate surface area is 147 Å². The van der Waals surface area contributed by atoms with Crippen LogP contribution in [0.1, 0.15) is 98.3 Å². The maximum atomic E-state index is 6.13. The van der Waals surface area contributed by atoms with Crippen LogP contribution in [-0.2, 0) is 4.74 Å². The van der Waals surface area contributed by atoms with Crippen molar-refractivity contribution in [3.05, 3.63) is 11.0 Å². The van der Waals surface area contributed by atoms with Gasteiger partial charge in [0.15, 0.2) is 0 Å². The zero-order valence-corrected chi connectivity index (χ0v) is 17.9. The minimum absolute atomic E-state index is 0.385. The normalized spacial score (nSPS) is 16.1. The van der Waals surface area contributed by atoms with E-state index in [4.69, 9.17) is 4.74 Å². The topological polar surface area (TPSA) is 9.23 Å². The van der Waals surface area contributed by atoms with E-state index >= 15 is 0 Å².